The van der Waals surface area contributed by atoms with E-state index in [1.165, 1.54) is 0 Å². The fourth-order valence-corrected chi connectivity index (χ4v) is 2.28. The molecule has 78 valence electrons. The molecule has 0 aliphatic carbocycles. The largest absolute Gasteiger partial charge is 0.391 e. The summed E-state index contributed by atoms with van der Waals surface area (Å²) in [6.07, 6.45) is 0.802. The van der Waals surface area contributed by atoms with Gasteiger partial charge in [-0.25, -0.2) is 0 Å². The van der Waals surface area contributed by atoms with E-state index in [0.717, 1.165) is 13.0 Å². The molecule has 1 heterocycles. The molecule has 0 amide bonds. The standard InChI is InChI=1S/C11H23NO/c1-8-6-10(13)9(2)12(7-8)11(3,4)5/h8-10,13H,6-7H2,1-5H3/t8-,9-,10+/m1/s1. The average Bonchev–Trinajstić information content (AvgIpc) is 1.94. The van der Waals surface area contributed by atoms with E-state index in [0.29, 0.717) is 12.0 Å². The summed E-state index contributed by atoms with van der Waals surface area (Å²) in [5, 5.41) is 9.84. The molecule has 0 aromatic carbocycles. The Labute approximate surface area is 81.9 Å². The molecule has 0 aromatic heterocycles. The van der Waals surface area contributed by atoms with Gasteiger partial charge in [0.05, 0.1) is 6.10 Å². The number of rotatable bonds is 0. The number of aliphatic hydroxyl groups is 1. The molecule has 0 radical (unpaired) electrons. The van der Waals surface area contributed by atoms with Crippen molar-refractivity contribution in [2.75, 3.05) is 6.54 Å². The SMILES string of the molecule is C[C@@H]1C[C@H](O)[C@@H](C)N(C(C)(C)C)C1. The molecule has 0 unspecified atom stereocenters. The molecular formula is C11H23NO. The Balaban J connectivity index is 2.72. The van der Waals surface area contributed by atoms with Crippen molar-refractivity contribution in [3.63, 3.8) is 0 Å². The highest BCUT2D eigenvalue weighted by atomic mass is 16.3. The summed E-state index contributed by atoms with van der Waals surface area (Å²) in [6.45, 7) is 12.1. The van der Waals surface area contributed by atoms with Crippen molar-refractivity contribution in [3.05, 3.63) is 0 Å². The topological polar surface area (TPSA) is 23.5 Å². The van der Waals surface area contributed by atoms with Crippen LogP contribution in [0.2, 0.25) is 0 Å². The van der Waals surface area contributed by atoms with Crippen LogP contribution in [0.1, 0.15) is 41.0 Å². The Morgan fingerprint density at radius 2 is 1.77 bits per heavy atom. The lowest BCUT2D eigenvalue weighted by atomic mass is 9.88. The van der Waals surface area contributed by atoms with Crippen LogP contribution < -0.4 is 0 Å². The Hall–Kier alpha value is -0.0800. The molecule has 1 rings (SSSR count). The second-order valence-corrected chi connectivity index (χ2v) is 5.47. The maximum absolute atomic E-state index is 9.84. The third-order valence-corrected chi connectivity index (χ3v) is 3.06. The fraction of sp³-hybridized carbons (Fsp3) is 1.00. The summed E-state index contributed by atoms with van der Waals surface area (Å²) in [5.74, 6) is 0.616. The number of hydrogen-bond acceptors (Lipinski definition) is 2. The Bertz CT molecular complexity index is 173. The van der Waals surface area contributed by atoms with Crippen LogP contribution in [-0.2, 0) is 0 Å². The highest BCUT2D eigenvalue weighted by molar-refractivity contribution is 4.90. The minimum Gasteiger partial charge on any atom is -0.391 e. The first kappa shape index (κ1) is 11.0. The molecule has 0 bridgehead atoms. The highest BCUT2D eigenvalue weighted by Gasteiger charge is 2.35. The van der Waals surface area contributed by atoms with E-state index in [4.69, 9.17) is 0 Å². The Morgan fingerprint density at radius 1 is 1.23 bits per heavy atom. The van der Waals surface area contributed by atoms with Gasteiger partial charge in [-0.2, -0.15) is 0 Å². The lowest BCUT2D eigenvalue weighted by Crippen LogP contribution is -2.56. The van der Waals surface area contributed by atoms with Crippen LogP contribution in [0.3, 0.4) is 0 Å². The van der Waals surface area contributed by atoms with E-state index in [1.54, 1.807) is 0 Å². The third-order valence-electron chi connectivity index (χ3n) is 3.06. The van der Waals surface area contributed by atoms with E-state index in [1.807, 2.05) is 0 Å². The van der Waals surface area contributed by atoms with Crippen LogP contribution in [0.5, 0.6) is 0 Å². The lowest BCUT2D eigenvalue weighted by molar-refractivity contribution is -0.0458. The van der Waals surface area contributed by atoms with Crippen LogP contribution in [0.25, 0.3) is 0 Å². The van der Waals surface area contributed by atoms with Crippen molar-refractivity contribution in [3.8, 4) is 0 Å². The number of nitrogens with zero attached hydrogens (tertiary/aromatic N) is 1. The minimum absolute atomic E-state index is 0.150. The maximum atomic E-state index is 9.84. The monoisotopic (exact) mass is 185 g/mol. The summed E-state index contributed by atoms with van der Waals surface area (Å²) in [6, 6.07) is 0.302. The van der Waals surface area contributed by atoms with Crippen LogP contribution in [-0.4, -0.2) is 34.2 Å². The highest BCUT2D eigenvalue weighted by Crippen LogP contribution is 2.28. The summed E-state index contributed by atoms with van der Waals surface area (Å²) >= 11 is 0. The molecule has 2 heteroatoms. The van der Waals surface area contributed by atoms with Gasteiger partial charge in [-0.05, 0) is 40.0 Å². The molecule has 0 spiro atoms. The molecular weight excluding hydrogens is 162 g/mol. The van der Waals surface area contributed by atoms with Crippen molar-refractivity contribution in [2.24, 2.45) is 5.92 Å². The van der Waals surface area contributed by atoms with Crippen LogP contribution in [0, 0.1) is 5.92 Å². The Morgan fingerprint density at radius 3 is 2.23 bits per heavy atom. The van der Waals surface area contributed by atoms with Crippen LogP contribution in [0.15, 0.2) is 0 Å². The predicted molar refractivity (Wildman–Crippen MR) is 55.7 cm³/mol. The van der Waals surface area contributed by atoms with E-state index in [9.17, 15) is 5.11 Å². The van der Waals surface area contributed by atoms with Crippen molar-refractivity contribution < 1.29 is 5.11 Å². The van der Waals surface area contributed by atoms with Gasteiger partial charge in [0.25, 0.3) is 0 Å². The molecule has 1 N–H and O–H groups in total. The summed E-state index contributed by atoms with van der Waals surface area (Å²) in [5.41, 5.74) is 0.176. The molecule has 1 saturated heterocycles. The van der Waals surface area contributed by atoms with Crippen molar-refractivity contribution in [1.29, 1.82) is 0 Å². The second-order valence-electron chi connectivity index (χ2n) is 5.47. The van der Waals surface area contributed by atoms with Crippen LogP contribution >= 0.6 is 0 Å². The van der Waals surface area contributed by atoms with Gasteiger partial charge in [0.2, 0.25) is 0 Å². The first-order valence-corrected chi connectivity index (χ1v) is 5.27. The molecule has 1 aliphatic rings. The van der Waals surface area contributed by atoms with Crippen LogP contribution in [0.4, 0.5) is 0 Å². The number of likely N-dealkylation sites (tertiary alicyclic amines) is 1. The molecule has 3 atom stereocenters. The second kappa shape index (κ2) is 3.58. The first-order chi connectivity index (χ1) is 5.82. The van der Waals surface area contributed by atoms with E-state index in [2.05, 4.69) is 39.5 Å². The van der Waals surface area contributed by atoms with Crippen molar-refractivity contribution in [1.82, 2.24) is 4.90 Å². The first-order valence-electron chi connectivity index (χ1n) is 5.27. The van der Waals surface area contributed by atoms with Gasteiger partial charge in [-0.1, -0.05) is 6.92 Å². The molecule has 1 fully saturated rings. The Kier molecular flexibility index (Phi) is 3.03. The lowest BCUT2D eigenvalue weighted by Gasteiger charge is -2.47. The van der Waals surface area contributed by atoms with E-state index >= 15 is 0 Å². The average molecular weight is 185 g/mol. The summed E-state index contributed by atoms with van der Waals surface area (Å²) in [7, 11) is 0. The molecule has 13 heavy (non-hydrogen) atoms. The van der Waals surface area contributed by atoms with Crippen molar-refractivity contribution >= 4 is 0 Å². The number of hydrogen-bond donors (Lipinski definition) is 1. The number of aliphatic hydroxyl groups excluding tert-OH is 1. The normalized spacial score (nSPS) is 37.8. The molecule has 1 aliphatic heterocycles. The summed E-state index contributed by atoms with van der Waals surface area (Å²) in [4.78, 5) is 2.41. The third kappa shape index (κ3) is 2.44. The van der Waals surface area contributed by atoms with E-state index < -0.39 is 0 Å². The quantitative estimate of drug-likeness (QED) is 0.623. The fourth-order valence-electron chi connectivity index (χ4n) is 2.28. The summed E-state index contributed by atoms with van der Waals surface area (Å²) < 4.78 is 0. The van der Waals surface area contributed by atoms with Gasteiger partial charge >= 0.3 is 0 Å². The maximum Gasteiger partial charge on any atom is 0.0695 e. The van der Waals surface area contributed by atoms with Gasteiger partial charge < -0.3 is 5.11 Å². The van der Waals surface area contributed by atoms with Gasteiger partial charge in [0, 0.05) is 18.1 Å². The van der Waals surface area contributed by atoms with Gasteiger partial charge in [-0.15, -0.1) is 0 Å². The molecule has 0 saturated carbocycles. The van der Waals surface area contributed by atoms with Crippen molar-refractivity contribution in [2.45, 2.75) is 58.7 Å². The zero-order chi connectivity index (χ0) is 10.2. The number of piperidine rings is 1. The zero-order valence-corrected chi connectivity index (χ0v) is 9.54. The van der Waals surface area contributed by atoms with E-state index in [-0.39, 0.29) is 11.6 Å². The molecule has 2 nitrogen and oxygen atoms in total. The van der Waals surface area contributed by atoms with Gasteiger partial charge in [0.1, 0.15) is 0 Å². The van der Waals surface area contributed by atoms with Gasteiger partial charge in [0.15, 0.2) is 0 Å². The smallest absolute Gasteiger partial charge is 0.0695 e. The molecule has 0 aromatic rings. The van der Waals surface area contributed by atoms with Gasteiger partial charge in [-0.3, -0.25) is 4.90 Å². The minimum atomic E-state index is -0.150. The predicted octanol–water partition coefficient (Wildman–Crippen LogP) is 1.88. The zero-order valence-electron chi connectivity index (χ0n) is 9.54.